The summed E-state index contributed by atoms with van der Waals surface area (Å²) < 4.78 is 0. The number of amides is 1. The average molecular weight is 338 g/mol. The molecule has 1 fully saturated rings. The van der Waals surface area contributed by atoms with Gasteiger partial charge in [-0.25, -0.2) is 0 Å². The van der Waals surface area contributed by atoms with Crippen molar-refractivity contribution in [3.63, 3.8) is 0 Å². The van der Waals surface area contributed by atoms with Crippen molar-refractivity contribution in [2.45, 2.75) is 6.42 Å². The van der Waals surface area contributed by atoms with Gasteiger partial charge in [-0.3, -0.25) is 4.79 Å². The predicted octanol–water partition coefficient (Wildman–Crippen LogP) is 3.32. The Labute approximate surface area is 118 Å². The van der Waals surface area contributed by atoms with Crippen LogP contribution in [0.2, 0.25) is 10.0 Å². The Morgan fingerprint density at radius 3 is 2.47 bits per heavy atom. The third-order valence-electron chi connectivity index (χ3n) is 2.80. The van der Waals surface area contributed by atoms with Crippen molar-refractivity contribution in [3.05, 3.63) is 22.2 Å². The Morgan fingerprint density at radius 2 is 2.00 bits per heavy atom. The molecule has 1 aliphatic heterocycles. The lowest BCUT2D eigenvalue weighted by molar-refractivity contribution is -0.117. The summed E-state index contributed by atoms with van der Waals surface area (Å²) in [6.45, 7) is 0.681. The molecule has 2 rings (SSSR count). The van der Waals surface area contributed by atoms with Crippen LogP contribution in [0.5, 0.6) is 0 Å². The second-order valence-electron chi connectivity index (χ2n) is 4.05. The molecule has 1 aliphatic rings. The lowest BCUT2D eigenvalue weighted by atomic mass is 10.2. The molecule has 1 saturated heterocycles. The zero-order valence-corrected chi connectivity index (χ0v) is 12.0. The van der Waals surface area contributed by atoms with E-state index in [1.54, 1.807) is 17.0 Å². The molecular formula is C11H11BrCl2N2O. The molecule has 1 aromatic carbocycles. The van der Waals surface area contributed by atoms with Crippen molar-refractivity contribution in [2.75, 3.05) is 22.5 Å². The Hall–Kier alpha value is -0.450. The number of nitrogens with zero attached hydrogens (tertiary/aromatic N) is 1. The quantitative estimate of drug-likeness (QED) is 0.664. The number of benzene rings is 1. The van der Waals surface area contributed by atoms with Gasteiger partial charge in [0.15, 0.2) is 0 Å². The molecule has 2 N–H and O–H groups in total. The fraction of sp³-hybridized carbons (Fsp3) is 0.364. The topological polar surface area (TPSA) is 46.3 Å². The lowest BCUT2D eigenvalue weighted by Crippen LogP contribution is -2.24. The van der Waals surface area contributed by atoms with E-state index in [9.17, 15) is 4.79 Å². The normalized spacial score (nSPS) is 20.1. The number of carbonyl (C=O) groups excluding carboxylic acids is 1. The van der Waals surface area contributed by atoms with Gasteiger partial charge in [0.2, 0.25) is 5.91 Å². The molecule has 0 aromatic heterocycles. The van der Waals surface area contributed by atoms with E-state index < -0.39 is 0 Å². The van der Waals surface area contributed by atoms with E-state index in [0.717, 1.165) is 5.33 Å². The third-order valence-corrected chi connectivity index (χ3v) is 4.34. The van der Waals surface area contributed by atoms with Gasteiger partial charge in [-0.2, -0.15) is 0 Å². The predicted molar refractivity (Wildman–Crippen MR) is 75.1 cm³/mol. The zero-order chi connectivity index (χ0) is 12.6. The van der Waals surface area contributed by atoms with Gasteiger partial charge in [-0.15, -0.1) is 0 Å². The first-order valence-corrected chi connectivity index (χ1v) is 7.01. The lowest BCUT2D eigenvalue weighted by Gasteiger charge is -2.18. The smallest absolute Gasteiger partial charge is 0.227 e. The number of alkyl halides is 1. The molecule has 17 heavy (non-hydrogen) atoms. The summed E-state index contributed by atoms with van der Waals surface area (Å²) in [6, 6.07) is 3.36. The first-order chi connectivity index (χ1) is 8.02. The van der Waals surface area contributed by atoms with E-state index in [-0.39, 0.29) is 5.91 Å². The van der Waals surface area contributed by atoms with Gasteiger partial charge in [-0.05, 0) is 18.1 Å². The number of nitrogen functional groups attached to an aromatic ring is 1. The van der Waals surface area contributed by atoms with Crippen molar-refractivity contribution in [2.24, 2.45) is 5.92 Å². The number of carbonyl (C=O) groups is 1. The monoisotopic (exact) mass is 336 g/mol. The number of nitrogens with two attached hydrogens (primary N) is 1. The maximum absolute atomic E-state index is 11.8. The molecule has 1 unspecified atom stereocenters. The molecular weight excluding hydrogens is 327 g/mol. The minimum absolute atomic E-state index is 0.0892. The molecule has 3 nitrogen and oxygen atoms in total. The van der Waals surface area contributed by atoms with Crippen LogP contribution in [0.15, 0.2) is 12.1 Å². The molecule has 1 atom stereocenters. The highest BCUT2D eigenvalue weighted by molar-refractivity contribution is 9.09. The summed E-state index contributed by atoms with van der Waals surface area (Å²) in [5.74, 6) is 0.420. The summed E-state index contributed by atoms with van der Waals surface area (Å²) in [5.41, 5.74) is 6.72. The number of halogens is 3. The van der Waals surface area contributed by atoms with Crippen molar-refractivity contribution in [1.82, 2.24) is 0 Å². The maximum Gasteiger partial charge on any atom is 0.227 e. The Morgan fingerprint density at radius 1 is 1.41 bits per heavy atom. The number of anilines is 2. The second-order valence-corrected chi connectivity index (χ2v) is 5.51. The summed E-state index contributed by atoms with van der Waals surface area (Å²) >= 11 is 15.3. The van der Waals surface area contributed by atoms with Crippen LogP contribution in [0.1, 0.15) is 6.42 Å². The van der Waals surface area contributed by atoms with E-state index in [1.165, 1.54) is 0 Å². The van der Waals surface area contributed by atoms with Crippen LogP contribution >= 0.6 is 39.1 Å². The molecule has 0 bridgehead atoms. The van der Waals surface area contributed by atoms with Gasteiger partial charge in [0.05, 0.1) is 15.7 Å². The van der Waals surface area contributed by atoms with Crippen LogP contribution < -0.4 is 10.6 Å². The molecule has 0 saturated carbocycles. The molecule has 1 aromatic rings. The summed E-state index contributed by atoms with van der Waals surface area (Å²) in [6.07, 6.45) is 0.546. The minimum atomic E-state index is 0.0892. The largest absolute Gasteiger partial charge is 0.396 e. The van der Waals surface area contributed by atoms with Crippen molar-refractivity contribution in [1.29, 1.82) is 0 Å². The second kappa shape index (κ2) is 5.04. The zero-order valence-electron chi connectivity index (χ0n) is 8.92. The Balaban J connectivity index is 2.32. The van der Waals surface area contributed by atoms with E-state index in [2.05, 4.69) is 15.9 Å². The fourth-order valence-electron chi connectivity index (χ4n) is 1.86. The van der Waals surface area contributed by atoms with Crippen LogP contribution in [-0.2, 0) is 4.79 Å². The highest BCUT2D eigenvalue weighted by Gasteiger charge is 2.30. The molecule has 6 heteroatoms. The van der Waals surface area contributed by atoms with Gasteiger partial charge >= 0.3 is 0 Å². The Bertz CT molecular complexity index is 444. The van der Waals surface area contributed by atoms with Gasteiger partial charge in [-0.1, -0.05) is 39.1 Å². The third kappa shape index (κ3) is 2.54. The summed E-state index contributed by atoms with van der Waals surface area (Å²) in [4.78, 5) is 13.5. The number of hydrogen-bond donors (Lipinski definition) is 1. The maximum atomic E-state index is 11.8. The van der Waals surface area contributed by atoms with Crippen LogP contribution in [0.3, 0.4) is 0 Å². The molecule has 0 aliphatic carbocycles. The molecule has 1 amide bonds. The van der Waals surface area contributed by atoms with Crippen LogP contribution in [-0.4, -0.2) is 17.8 Å². The van der Waals surface area contributed by atoms with Crippen molar-refractivity contribution < 1.29 is 4.79 Å². The number of hydrogen-bond acceptors (Lipinski definition) is 2. The number of rotatable bonds is 2. The van der Waals surface area contributed by atoms with Gasteiger partial charge in [0.1, 0.15) is 0 Å². The van der Waals surface area contributed by atoms with E-state index in [4.69, 9.17) is 28.9 Å². The van der Waals surface area contributed by atoms with Crippen molar-refractivity contribution in [3.8, 4) is 0 Å². The highest BCUT2D eigenvalue weighted by Crippen LogP contribution is 2.35. The average Bonchev–Trinajstić information content (AvgIpc) is 2.67. The molecule has 92 valence electrons. The summed E-state index contributed by atoms with van der Waals surface area (Å²) in [7, 11) is 0. The molecule has 0 radical (unpaired) electrons. The first kappa shape index (κ1) is 13.0. The highest BCUT2D eigenvalue weighted by atomic mass is 79.9. The van der Waals surface area contributed by atoms with Gasteiger partial charge in [0.25, 0.3) is 0 Å². The molecule has 0 spiro atoms. The van der Waals surface area contributed by atoms with E-state index in [1.807, 2.05) is 0 Å². The van der Waals surface area contributed by atoms with Crippen LogP contribution in [0.4, 0.5) is 11.4 Å². The fourth-order valence-corrected chi connectivity index (χ4v) is 2.77. The van der Waals surface area contributed by atoms with E-state index >= 15 is 0 Å². The summed E-state index contributed by atoms with van der Waals surface area (Å²) in [5, 5.41) is 1.57. The van der Waals surface area contributed by atoms with Crippen LogP contribution in [0, 0.1) is 5.92 Å². The molecule has 1 heterocycles. The SMILES string of the molecule is Nc1c(Cl)cc(N2CC(CBr)CC2=O)cc1Cl. The van der Waals surface area contributed by atoms with Crippen LogP contribution in [0.25, 0.3) is 0 Å². The van der Waals surface area contributed by atoms with Gasteiger partial charge < -0.3 is 10.6 Å². The Kier molecular flexibility index (Phi) is 3.85. The standard InChI is InChI=1S/C11H11BrCl2N2O/c12-4-6-1-10(17)16(5-6)7-2-8(13)11(15)9(14)3-7/h2-3,6H,1,4-5,15H2. The van der Waals surface area contributed by atoms with Crippen molar-refractivity contribution >= 4 is 56.4 Å². The minimum Gasteiger partial charge on any atom is -0.396 e. The van der Waals surface area contributed by atoms with Gasteiger partial charge in [0, 0.05) is 24.0 Å². The first-order valence-electron chi connectivity index (χ1n) is 5.13. The van der Waals surface area contributed by atoms with E-state index in [0.29, 0.717) is 40.3 Å².